The molecule has 0 saturated carbocycles. The number of hydrogen-bond donors (Lipinski definition) is 0. The second kappa shape index (κ2) is 5.72. The standard InChI is InChI=1S/C8H13NO2/c1-7(2)3-8(4-9)5-11-6-10/h6-8H,3,5H2,1-2H3. The molecule has 0 fully saturated rings. The zero-order valence-corrected chi connectivity index (χ0v) is 6.91. The van der Waals surface area contributed by atoms with Crippen molar-refractivity contribution in [3.05, 3.63) is 0 Å². The first-order valence-electron chi connectivity index (χ1n) is 3.65. The lowest BCUT2D eigenvalue weighted by Gasteiger charge is -2.09. The molecule has 62 valence electrons. The topological polar surface area (TPSA) is 50.1 Å². The van der Waals surface area contributed by atoms with Crippen molar-refractivity contribution in [1.29, 1.82) is 5.26 Å². The first-order valence-corrected chi connectivity index (χ1v) is 3.65. The summed E-state index contributed by atoms with van der Waals surface area (Å²) >= 11 is 0. The molecule has 0 rings (SSSR count). The quantitative estimate of drug-likeness (QED) is 0.563. The SMILES string of the molecule is CC(C)CC(C#N)COC=O. The minimum Gasteiger partial charge on any atom is -0.467 e. The fourth-order valence-electron chi connectivity index (χ4n) is 0.882. The number of nitriles is 1. The lowest BCUT2D eigenvalue weighted by molar-refractivity contribution is -0.129. The summed E-state index contributed by atoms with van der Waals surface area (Å²) in [5.41, 5.74) is 0. The van der Waals surface area contributed by atoms with E-state index in [0.717, 1.165) is 6.42 Å². The third-order valence-electron chi connectivity index (χ3n) is 1.30. The third-order valence-corrected chi connectivity index (χ3v) is 1.30. The van der Waals surface area contributed by atoms with Gasteiger partial charge in [0.25, 0.3) is 6.47 Å². The van der Waals surface area contributed by atoms with Crippen LogP contribution in [0.4, 0.5) is 0 Å². The number of hydrogen-bond acceptors (Lipinski definition) is 3. The van der Waals surface area contributed by atoms with Gasteiger partial charge in [0.05, 0.1) is 12.0 Å². The van der Waals surface area contributed by atoms with Crippen LogP contribution in [0.15, 0.2) is 0 Å². The summed E-state index contributed by atoms with van der Waals surface area (Å²) in [6.45, 7) is 4.67. The maximum absolute atomic E-state index is 9.78. The van der Waals surface area contributed by atoms with E-state index in [1.807, 2.05) is 13.8 Å². The van der Waals surface area contributed by atoms with E-state index in [-0.39, 0.29) is 12.5 Å². The molecule has 0 bridgehead atoms. The highest BCUT2D eigenvalue weighted by atomic mass is 16.5. The van der Waals surface area contributed by atoms with Gasteiger partial charge in [-0.25, -0.2) is 0 Å². The molecule has 0 amide bonds. The lowest BCUT2D eigenvalue weighted by Crippen LogP contribution is -2.09. The molecule has 1 unspecified atom stereocenters. The maximum atomic E-state index is 9.78. The minimum absolute atomic E-state index is 0.153. The average molecular weight is 155 g/mol. The Kier molecular flexibility index (Phi) is 5.18. The Morgan fingerprint density at radius 3 is 2.64 bits per heavy atom. The highest BCUT2D eigenvalue weighted by molar-refractivity contribution is 5.36. The molecule has 3 heteroatoms. The van der Waals surface area contributed by atoms with Crippen LogP contribution in [0, 0.1) is 23.2 Å². The Bertz CT molecular complexity index is 149. The van der Waals surface area contributed by atoms with Gasteiger partial charge in [0, 0.05) is 0 Å². The lowest BCUT2D eigenvalue weighted by atomic mass is 9.99. The highest BCUT2D eigenvalue weighted by Gasteiger charge is 2.09. The fourth-order valence-corrected chi connectivity index (χ4v) is 0.882. The van der Waals surface area contributed by atoms with Crippen LogP contribution in [0.3, 0.4) is 0 Å². The molecule has 11 heavy (non-hydrogen) atoms. The van der Waals surface area contributed by atoms with Crippen molar-refractivity contribution in [1.82, 2.24) is 0 Å². The molecular formula is C8H13NO2. The van der Waals surface area contributed by atoms with E-state index in [1.165, 1.54) is 0 Å². The predicted molar refractivity (Wildman–Crippen MR) is 40.6 cm³/mol. The number of carbonyl (C=O) groups excluding carboxylic acids is 1. The van der Waals surface area contributed by atoms with Gasteiger partial charge in [-0.3, -0.25) is 4.79 Å². The summed E-state index contributed by atoms with van der Waals surface area (Å²) in [5, 5.41) is 8.56. The Morgan fingerprint density at radius 1 is 1.64 bits per heavy atom. The average Bonchev–Trinajstić information content (AvgIpc) is 1.97. The first-order chi connectivity index (χ1) is 5.20. The van der Waals surface area contributed by atoms with Gasteiger partial charge in [-0.1, -0.05) is 13.8 Å². The molecule has 1 atom stereocenters. The molecule has 0 saturated heterocycles. The zero-order valence-electron chi connectivity index (χ0n) is 6.91. The third kappa shape index (κ3) is 5.41. The van der Waals surface area contributed by atoms with Crippen LogP contribution in [0.25, 0.3) is 0 Å². The van der Waals surface area contributed by atoms with E-state index >= 15 is 0 Å². The minimum atomic E-state index is -0.153. The monoisotopic (exact) mass is 155 g/mol. The molecule has 0 radical (unpaired) electrons. The van der Waals surface area contributed by atoms with Crippen LogP contribution in [0.2, 0.25) is 0 Å². The Balaban J connectivity index is 3.60. The van der Waals surface area contributed by atoms with Crippen molar-refractivity contribution in [2.75, 3.05) is 6.61 Å². The molecule has 0 N–H and O–H groups in total. The van der Waals surface area contributed by atoms with Crippen LogP contribution in [0.1, 0.15) is 20.3 Å². The van der Waals surface area contributed by atoms with Gasteiger partial charge in [-0.05, 0) is 12.3 Å². The highest BCUT2D eigenvalue weighted by Crippen LogP contribution is 2.10. The molecule has 0 aromatic rings. The van der Waals surface area contributed by atoms with Crippen molar-refractivity contribution in [2.45, 2.75) is 20.3 Å². The summed E-state index contributed by atoms with van der Waals surface area (Å²) in [5.74, 6) is 0.315. The van der Waals surface area contributed by atoms with Crippen LogP contribution < -0.4 is 0 Å². The van der Waals surface area contributed by atoms with Crippen molar-refractivity contribution < 1.29 is 9.53 Å². The van der Waals surface area contributed by atoms with Crippen LogP contribution >= 0.6 is 0 Å². The van der Waals surface area contributed by atoms with E-state index in [1.54, 1.807) is 0 Å². The van der Waals surface area contributed by atoms with Crippen molar-refractivity contribution in [3.8, 4) is 6.07 Å². The molecule has 0 aliphatic carbocycles. The number of ether oxygens (including phenoxy) is 1. The number of rotatable bonds is 5. The van der Waals surface area contributed by atoms with Gasteiger partial charge in [-0.15, -0.1) is 0 Å². The largest absolute Gasteiger partial charge is 0.467 e. The molecule has 0 spiro atoms. The van der Waals surface area contributed by atoms with Crippen molar-refractivity contribution in [2.24, 2.45) is 11.8 Å². The summed E-state index contributed by atoms with van der Waals surface area (Å²) in [6.07, 6.45) is 0.782. The van der Waals surface area contributed by atoms with E-state index in [2.05, 4.69) is 10.8 Å². The first kappa shape index (κ1) is 9.96. The number of carbonyl (C=O) groups is 1. The second-order valence-electron chi connectivity index (χ2n) is 2.89. The Morgan fingerprint density at radius 2 is 2.27 bits per heavy atom. The van der Waals surface area contributed by atoms with Gasteiger partial charge >= 0.3 is 0 Å². The summed E-state index contributed by atoms with van der Waals surface area (Å²) in [4.78, 5) is 9.78. The van der Waals surface area contributed by atoms with E-state index in [0.29, 0.717) is 12.4 Å². The molecule has 0 aliphatic rings. The summed E-state index contributed by atoms with van der Waals surface area (Å²) in [7, 11) is 0. The molecule has 0 aromatic carbocycles. The van der Waals surface area contributed by atoms with Gasteiger partial charge in [0.1, 0.15) is 6.61 Å². The van der Waals surface area contributed by atoms with Gasteiger partial charge < -0.3 is 4.74 Å². The molecule has 0 aliphatic heterocycles. The Hall–Kier alpha value is -1.04. The summed E-state index contributed by atoms with van der Waals surface area (Å²) in [6, 6.07) is 2.08. The van der Waals surface area contributed by atoms with E-state index < -0.39 is 0 Å². The summed E-state index contributed by atoms with van der Waals surface area (Å²) < 4.78 is 4.48. The normalized spacial score (nSPS) is 12.2. The van der Waals surface area contributed by atoms with Gasteiger partial charge in [0.2, 0.25) is 0 Å². The molecule has 3 nitrogen and oxygen atoms in total. The predicted octanol–water partition coefficient (Wildman–Crippen LogP) is 1.35. The van der Waals surface area contributed by atoms with Gasteiger partial charge in [0.15, 0.2) is 0 Å². The fraction of sp³-hybridized carbons (Fsp3) is 0.750. The maximum Gasteiger partial charge on any atom is 0.293 e. The smallest absolute Gasteiger partial charge is 0.293 e. The second-order valence-corrected chi connectivity index (χ2v) is 2.89. The van der Waals surface area contributed by atoms with E-state index in [4.69, 9.17) is 5.26 Å². The molecule has 0 aromatic heterocycles. The van der Waals surface area contributed by atoms with Crippen LogP contribution in [-0.2, 0) is 9.53 Å². The van der Waals surface area contributed by atoms with Crippen LogP contribution in [-0.4, -0.2) is 13.1 Å². The van der Waals surface area contributed by atoms with E-state index in [9.17, 15) is 4.79 Å². The van der Waals surface area contributed by atoms with Crippen LogP contribution in [0.5, 0.6) is 0 Å². The Labute approximate surface area is 67.0 Å². The van der Waals surface area contributed by atoms with Crippen molar-refractivity contribution >= 4 is 6.47 Å². The number of nitrogens with zero attached hydrogens (tertiary/aromatic N) is 1. The molecular weight excluding hydrogens is 142 g/mol. The molecule has 0 heterocycles. The zero-order chi connectivity index (χ0) is 8.69. The van der Waals surface area contributed by atoms with Gasteiger partial charge in [-0.2, -0.15) is 5.26 Å². The van der Waals surface area contributed by atoms with Crippen molar-refractivity contribution in [3.63, 3.8) is 0 Å².